The van der Waals surface area contributed by atoms with E-state index in [4.69, 9.17) is 9.47 Å². The predicted molar refractivity (Wildman–Crippen MR) is 79.7 cm³/mol. The lowest BCUT2D eigenvalue weighted by Crippen LogP contribution is -2.20. The number of nitrogens with zero attached hydrogens (tertiary/aromatic N) is 1. The summed E-state index contributed by atoms with van der Waals surface area (Å²) in [5.41, 5.74) is 1.21. The minimum atomic E-state index is 0.437. The number of fused-ring (bicyclic) bond motifs is 1. The molecule has 1 unspecified atom stereocenters. The fourth-order valence-corrected chi connectivity index (χ4v) is 2.89. The van der Waals surface area contributed by atoms with E-state index in [9.17, 15) is 0 Å². The summed E-state index contributed by atoms with van der Waals surface area (Å²) in [5.74, 6) is 2.13. The monoisotopic (exact) mass is 290 g/mol. The van der Waals surface area contributed by atoms with Crippen LogP contribution in [0.4, 0.5) is 0 Å². The van der Waals surface area contributed by atoms with Gasteiger partial charge in [-0.15, -0.1) is 11.3 Å². The zero-order valence-corrected chi connectivity index (χ0v) is 12.3. The van der Waals surface area contributed by atoms with Crippen LogP contribution in [0.1, 0.15) is 23.4 Å². The Balaban J connectivity index is 1.53. The van der Waals surface area contributed by atoms with Gasteiger partial charge in [-0.1, -0.05) is 13.0 Å². The van der Waals surface area contributed by atoms with E-state index in [0.29, 0.717) is 19.1 Å². The number of benzene rings is 1. The first kappa shape index (κ1) is 13.4. The molecule has 0 spiro atoms. The molecule has 0 fully saturated rings. The molecule has 0 radical (unpaired) electrons. The number of rotatable bonds is 5. The molecule has 0 saturated heterocycles. The van der Waals surface area contributed by atoms with Gasteiger partial charge < -0.3 is 14.8 Å². The summed E-state index contributed by atoms with van der Waals surface area (Å²) in [6, 6.07) is 6.11. The lowest BCUT2D eigenvalue weighted by molar-refractivity contribution is 0.171. The molecule has 1 atom stereocenters. The Kier molecular flexibility index (Phi) is 4.18. The van der Waals surface area contributed by atoms with E-state index in [1.165, 1.54) is 10.6 Å². The van der Waals surface area contributed by atoms with Gasteiger partial charge >= 0.3 is 0 Å². The Morgan fingerprint density at radius 2 is 2.15 bits per heavy atom. The van der Waals surface area contributed by atoms with Crippen LogP contribution < -0.4 is 14.8 Å². The van der Waals surface area contributed by atoms with Crippen molar-refractivity contribution in [2.24, 2.45) is 0 Å². The van der Waals surface area contributed by atoms with Crippen molar-refractivity contribution in [2.75, 3.05) is 19.8 Å². The van der Waals surface area contributed by atoms with Crippen molar-refractivity contribution in [3.63, 3.8) is 0 Å². The number of ether oxygens (including phenoxy) is 2. The Morgan fingerprint density at radius 3 is 2.95 bits per heavy atom. The van der Waals surface area contributed by atoms with Crippen molar-refractivity contribution >= 4 is 11.3 Å². The van der Waals surface area contributed by atoms with Crippen LogP contribution in [0.15, 0.2) is 29.8 Å². The van der Waals surface area contributed by atoms with Crippen LogP contribution in [0.3, 0.4) is 0 Å². The lowest BCUT2D eigenvalue weighted by atomic mass is 10.1. The molecule has 1 aromatic carbocycles. The SMILES string of the molecule is CC(CNCc1ccc2c(c1)OCCO2)c1nccs1. The Labute approximate surface area is 122 Å². The van der Waals surface area contributed by atoms with E-state index in [1.54, 1.807) is 11.3 Å². The van der Waals surface area contributed by atoms with Crippen molar-refractivity contribution in [2.45, 2.75) is 19.4 Å². The fourth-order valence-electron chi connectivity index (χ4n) is 2.20. The summed E-state index contributed by atoms with van der Waals surface area (Å²) in [4.78, 5) is 4.34. The highest BCUT2D eigenvalue weighted by atomic mass is 32.1. The summed E-state index contributed by atoms with van der Waals surface area (Å²) in [6.07, 6.45) is 1.86. The van der Waals surface area contributed by atoms with Gasteiger partial charge in [-0.25, -0.2) is 4.98 Å². The van der Waals surface area contributed by atoms with Gasteiger partial charge in [0.2, 0.25) is 0 Å². The zero-order chi connectivity index (χ0) is 13.8. The Morgan fingerprint density at radius 1 is 1.30 bits per heavy atom. The van der Waals surface area contributed by atoms with Crippen LogP contribution >= 0.6 is 11.3 Å². The summed E-state index contributed by atoms with van der Waals surface area (Å²) >= 11 is 1.71. The Hall–Kier alpha value is -1.59. The number of hydrogen-bond acceptors (Lipinski definition) is 5. The summed E-state index contributed by atoms with van der Waals surface area (Å²) in [5, 5.41) is 6.67. The van der Waals surface area contributed by atoms with Crippen molar-refractivity contribution < 1.29 is 9.47 Å². The molecule has 2 aromatic rings. The van der Waals surface area contributed by atoms with Gasteiger partial charge in [0.25, 0.3) is 0 Å². The molecule has 0 amide bonds. The van der Waals surface area contributed by atoms with Crippen molar-refractivity contribution in [1.82, 2.24) is 10.3 Å². The Bertz CT molecular complexity index is 557. The van der Waals surface area contributed by atoms with E-state index in [2.05, 4.69) is 29.4 Å². The second-order valence-electron chi connectivity index (χ2n) is 4.88. The van der Waals surface area contributed by atoms with Crippen molar-refractivity contribution in [1.29, 1.82) is 0 Å². The van der Waals surface area contributed by atoms with E-state index < -0.39 is 0 Å². The molecule has 4 nitrogen and oxygen atoms in total. The molecular formula is C15H18N2O2S. The topological polar surface area (TPSA) is 43.4 Å². The number of aromatic nitrogens is 1. The number of thiazole rings is 1. The molecule has 0 bridgehead atoms. The average molecular weight is 290 g/mol. The molecule has 1 aliphatic heterocycles. The first-order chi connectivity index (χ1) is 9.83. The van der Waals surface area contributed by atoms with Gasteiger partial charge in [0, 0.05) is 30.6 Å². The lowest BCUT2D eigenvalue weighted by Gasteiger charge is -2.19. The van der Waals surface area contributed by atoms with Crippen molar-refractivity contribution in [3.8, 4) is 11.5 Å². The summed E-state index contributed by atoms with van der Waals surface area (Å²) < 4.78 is 11.1. The molecule has 5 heteroatoms. The molecular weight excluding hydrogens is 272 g/mol. The van der Waals surface area contributed by atoms with Crippen LogP contribution in [0.5, 0.6) is 11.5 Å². The molecule has 0 saturated carbocycles. The van der Waals surface area contributed by atoms with Gasteiger partial charge in [0.05, 0.1) is 5.01 Å². The first-order valence-corrected chi connectivity index (χ1v) is 7.69. The number of hydrogen-bond donors (Lipinski definition) is 1. The van der Waals surface area contributed by atoms with Gasteiger partial charge in [-0.05, 0) is 17.7 Å². The standard InChI is InChI=1S/C15H18N2O2S/c1-11(15-17-4-7-20-15)9-16-10-12-2-3-13-14(8-12)19-6-5-18-13/h2-4,7-8,11,16H,5-6,9-10H2,1H3. The highest BCUT2D eigenvalue weighted by Gasteiger charge is 2.12. The number of nitrogens with one attached hydrogen (secondary N) is 1. The van der Waals surface area contributed by atoms with E-state index in [0.717, 1.165) is 24.6 Å². The summed E-state index contributed by atoms with van der Waals surface area (Å²) in [6.45, 7) is 5.20. The quantitative estimate of drug-likeness (QED) is 0.919. The first-order valence-electron chi connectivity index (χ1n) is 6.81. The van der Waals surface area contributed by atoms with Crippen molar-refractivity contribution in [3.05, 3.63) is 40.3 Å². The maximum absolute atomic E-state index is 5.59. The second kappa shape index (κ2) is 6.24. The maximum Gasteiger partial charge on any atom is 0.161 e. The smallest absolute Gasteiger partial charge is 0.161 e. The predicted octanol–water partition coefficient (Wildman–Crippen LogP) is 2.81. The molecule has 106 valence electrons. The molecule has 1 N–H and O–H groups in total. The average Bonchev–Trinajstić information content (AvgIpc) is 3.01. The van der Waals surface area contributed by atoms with Crippen LogP contribution in [-0.4, -0.2) is 24.7 Å². The second-order valence-corrected chi connectivity index (χ2v) is 5.81. The minimum Gasteiger partial charge on any atom is -0.486 e. The fraction of sp³-hybridized carbons (Fsp3) is 0.400. The van der Waals surface area contributed by atoms with Crippen LogP contribution in [-0.2, 0) is 6.54 Å². The maximum atomic E-state index is 5.59. The van der Waals surface area contributed by atoms with Gasteiger partial charge in [0.1, 0.15) is 13.2 Å². The molecule has 0 aliphatic carbocycles. The summed E-state index contributed by atoms with van der Waals surface area (Å²) in [7, 11) is 0. The van der Waals surface area contributed by atoms with Gasteiger partial charge in [0.15, 0.2) is 11.5 Å². The molecule has 1 aromatic heterocycles. The van der Waals surface area contributed by atoms with Gasteiger partial charge in [-0.2, -0.15) is 0 Å². The molecule has 3 rings (SSSR count). The van der Waals surface area contributed by atoms with E-state index in [-0.39, 0.29) is 0 Å². The van der Waals surface area contributed by atoms with Crippen LogP contribution in [0.25, 0.3) is 0 Å². The largest absolute Gasteiger partial charge is 0.486 e. The van der Waals surface area contributed by atoms with Crippen LogP contribution in [0, 0.1) is 0 Å². The highest BCUT2D eigenvalue weighted by molar-refractivity contribution is 7.09. The van der Waals surface area contributed by atoms with E-state index in [1.807, 2.05) is 17.6 Å². The third-order valence-electron chi connectivity index (χ3n) is 3.26. The molecule has 20 heavy (non-hydrogen) atoms. The third-order valence-corrected chi connectivity index (χ3v) is 4.27. The van der Waals surface area contributed by atoms with Gasteiger partial charge in [-0.3, -0.25) is 0 Å². The highest BCUT2D eigenvalue weighted by Crippen LogP contribution is 2.30. The normalized spacial score (nSPS) is 15.1. The van der Waals surface area contributed by atoms with Crippen LogP contribution in [0.2, 0.25) is 0 Å². The molecule has 2 heterocycles. The molecule has 1 aliphatic rings. The third kappa shape index (κ3) is 3.11. The minimum absolute atomic E-state index is 0.437. The van der Waals surface area contributed by atoms with E-state index >= 15 is 0 Å². The zero-order valence-electron chi connectivity index (χ0n) is 11.5.